The Morgan fingerprint density at radius 1 is 1.57 bits per heavy atom. The average molecular weight is 295 g/mol. The van der Waals surface area contributed by atoms with Crippen molar-refractivity contribution in [3.05, 3.63) is 24.0 Å². The molecule has 0 aliphatic carbocycles. The van der Waals surface area contributed by atoms with E-state index in [1.807, 2.05) is 4.90 Å². The highest BCUT2D eigenvalue weighted by atomic mass is 16.5. The number of amides is 1. The van der Waals surface area contributed by atoms with Gasteiger partial charge in [0.1, 0.15) is 11.5 Å². The van der Waals surface area contributed by atoms with Gasteiger partial charge in [0.15, 0.2) is 0 Å². The van der Waals surface area contributed by atoms with Crippen LogP contribution in [0, 0.1) is 0 Å². The van der Waals surface area contributed by atoms with Crippen LogP contribution >= 0.6 is 0 Å². The number of aromatic nitrogens is 1. The normalized spacial score (nSPS) is 11.2. The molecule has 0 spiro atoms. The summed E-state index contributed by atoms with van der Waals surface area (Å²) in [7, 11) is 3.17. The molecule has 1 aromatic heterocycles. The number of hydrogen-bond donors (Lipinski definition) is 3. The van der Waals surface area contributed by atoms with Gasteiger partial charge in [-0.3, -0.25) is 9.78 Å². The van der Waals surface area contributed by atoms with Gasteiger partial charge in [-0.2, -0.15) is 0 Å². The van der Waals surface area contributed by atoms with Crippen molar-refractivity contribution in [3.63, 3.8) is 0 Å². The minimum atomic E-state index is -0.250. The van der Waals surface area contributed by atoms with Crippen LogP contribution in [0.2, 0.25) is 0 Å². The van der Waals surface area contributed by atoms with Crippen LogP contribution in [0.15, 0.2) is 23.5 Å². The Balaban J connectivity index is 2.88. The SMILES string of the molecule is CNC(=O)c1cc(N(CCOC)CCC(N)=NO)ccn1. The van der Waals surface area contributed by atoms with E-state index in [-0.39, 0.29) is 11.7 Å². The van der Waals surface area contributed by atoms with Gasteiger partial charge in [0, 0.05) is 45.6 Å². The van der Waals surface area contributed by atoms with Crippen LogP contribution in [0.25, 0.3) is 0 Å². The van der Waals surface area contributed by atoms with Crippen LogP contribution in [0.4, 0.5) is 5.69 Å². The number of ether oxygens (including phenoxy) is 1. The molecule has 0 aliphatic heterocycles. The van der Waals surface area contributed by atoms with Crippen molar-refractivity contribution in [2.75, 3.05) is 38.8 Å². The summed E-state index contributed by atoms with van der Waals surface area (Å²) in [6, 6.07) is 3.50. The van der Waals surface area contributed by atoms with Crippen molar-refractivity contribution in [1.82, 2.24) is 10.3 Å². The zero-order valence-electron chi connectivity index (χ0n) is 12.2. The molecule has 116 valence electrons. The number of carbonyl (C=O) groups excluding carboxylic acids is 1. The zero-order valence-corrected chi connectivity index (χ0v) is 12.2. The number of nitrogens with zero attached hydrogens (tertiary/aromatic N) is 3. The first-order chi connectivity index (χ1) is 10.1. The van der Waals surface area contributed by atoms with Crippen molar-refractivity contribution < 1.29 is 14.7 Å². The Labute approximate surface area is 123 Å². The van der Waals surface area contributed by atoms with Gasteiger partial charge in [-0.1, -0.05) is 5.16 Å². The molecule has 0 radical (unpaired) electrons. The molecule has 1 amide bonds. The minimum absolute atomic E-state index is 0.151. The summed E-state index contributed by atoms with van der Waals surface area (Å²) in [5.41, 5.74) is 6.65. The lowest BCUT2D eigenvalue weighted by molar-refractivity contribution is 0.0958. The fraction of sp³-hybridized carbons (Fsp3) is 0.462. The van der Waals surface area contributed by atoms with E-state index in [0.29, 0.717) is 31.8 Å². The number of oxime groups is 1. The Bertz CT molecular complexity index is 492. The number of amidine groups is 1. The molecule has 21 heavy (non-hydrogen) atoms. The number of carbonyl (C=O) groups is 1. The maximum absolute atomic E-state index is 11.6. The molecule has 0 saturated heterocycles. The summed E-state index contributed by atoms with van der Waals surface area (Å²) < 4.78 is 5.08. The van der Waals surface area contributed by atoms with Crippen molar-refractivity contribution >= 4 is 17.4 Å². The third kappa shape index (κ3) is 5.27. The van der Waals surface area contributed by atoms with E-state index in [2.05, 4.69) is 15.5 Å². The maximum Gasteiger partial charge on any atom is 0.269 e. The van der Waals surface area contributed by atoms with Gasteiger partial charge in [0.25, 0.3) is 5.91 Å². The monoisotopic (exact) mass is 295 g/mol. The molecule has 1 heterocycles. The lowest BCUT2D eigenvalue weighted by Gasteiger charge is -2.24. The molecule has 0 bridgehead atoms. The third-order valence-corrected chi connectivity index (χ3v) is 2.90. The smallest absolute Gasteiger partial charge is 0.269 e. The minimum Gasteiger partial charge on any atom is -0.409 e. The molecule has 8 heteroatoms. The Hall–Kier alpha value is -2.35. The van der Waals surface area contributed by atoms with Crippen LogP contribution in [-0.2, 0) is 4.74 Å². The molecule has 0 atom stereocenters. The number of nitrogens with two attached hydrogens (primary N) is 1. The van der Waals surface area contributed by atoms with Gasteiger partial charge in [0.05, 0.1) is 6.61 Å². The number of anilines is 1. The van der Waals surface area contributed by atoms with Gasteiger partial charge in [-0.15, -0.1) is 0 Å². The number of hydrogen-bond acceptors (Lipinski definition) is 6. The maximum atomic E-state index is 11.6. The summed E-state index contributed by atoms with van der Waals surface area (Å²) >= 11 is 0. The fourth-order valence-electron chi connectivity index (χ4n) is 1.74. The lowest BCUT2D eigenvalue weighted by Crippen LogP contribution is -2.31. The number of rotatable bonds is 8. The average Bonchev–Trinajstić information content (AvgIpc) is 2.53. The Kier molecular flexibility index (Phi) is 6.96. The summed E-state index contributed by atoms with van der Waals surface area (Å²) in [4.78, 5) is 17.6. The second-order valence-corrected chi connectivity index (χ2v) is 4.30. The second kappa shape index (κ2) is 8.75. The van der Waals surface area contributed by atoms with Gasteiger partial charge in [-0.05, 0) is 12.1 Å². The second-order valence-electron chi connectivity index (χ2n) is 4.30. The van der Waals surface area contributed by atoms with Crippen molar-refractivity contribution in [2.24, 2.45) is 10.9 Å². The van der Waals surface area contributed by atoms with Crippen LogP contribution in [-0.4, -0.2) is 55.8 Å². The summed E-state index contributed by atoms with van der Waals surface area (Å²) in [6.07, 6.45) is 1.97. The summed E-state index contributed by atoms with van der Waals surface area (Å²) in [6.45, 7) is 1.68. The molecule has 0 fully saturated rings. The summed E-state index contributed by atoms with van der Waals surface area (Å²) in [5.74, 6) is -0.0991. The van der Waals surface area contributed by atoms with E-state index < -0.39 is 0 Å². The highest BCUT2D eigenvalue weighted by Gasteiger charge is 2.11. The van der Waals surface area contributed by atoms with Gasteiger partial charge in [-0.25, -0.2) is 0 Å². The molecule has 0 aromatic carbocycles. The van der Waals surface area contributed by atoms with Crippen LogP contribution in [0.3, 0.4) is 0 Å². The van der Waals surface area contributed by atoms with E-state index in [1.54, 1.807) is 32.5 Å². The van der Waals surface area contributed by atoms with E-state index in [1.165, 1.54) is 0 Å². The summed E-state index contributed by atoms with van der Waals surface area (Å²) in [5, 5.41) is 14.1. The van der Waals surface area contributed by atoms with E-state index >= 15 is 0 Å². The molecule has 1 rings (SSSR count). The Morgan fingerprint density at radius 3 is 2.95 bits per heavy atom. The largest absolute Gasteiger partial charge is 0.409 e. The van der Waals surface area contributed by atoms with Crippen molar-refractivity contribution in [2.45, 2.75) is 6.42 Å². The molecule has 0 saturated carbocycles. The number of methoxy groups -OCH3 is 1. The molecule has 4 N–H and O–H groups in total. The van der Waals surface area contributed by atoms with Crippen LogP contribution in [0.5, 0.6) is 0 Å². The zero-order chi connectivity index (χ0) is 15.7. The Morgan fingerprint density at radius 2 is 2.33 bits per heavy atom. The van der Waals surface area contributed by atoms with E-state index in [4.69, 9.17) is 15.7 Å². The molecule has 8 nitrogen and oxygen atoms in total. The van der Waals surface area contributed by atoms with E-state index in [0.717, 1.165) is 5.69 Å². The highest BCUT2D eigenvalue weighted by Crippen LogP contribution is 2.15. The van der Waals surface area contributed by atoms with Gasteiger partial charge < -0.3 is 25.9 Å². The quantitative estimate of drug-likeness (QED) is 0.270. The van der Waals surface area contributed by atoms with Crippen molar-refractivity contribution in [1.29, 1.82) is 0 Å². The van der Waals surface area contributed by atoms with Crippen LogP contribution in [0.1, 0.15) is 16.9 Å². The fourth-order valence-corrected chi connectivity index (χ4v) is 1.74. The third-order valence-electron chi connectivity index (χ3n) is 2.90. The number of pyridine rings is 1. The molecule has 0 unspecified atom stereocenters. The first-order valence-corrected chi connectivity index (χ1v) is 6.50. The van der Waals surface area contributed by atoms with Gasteiger partial charge in [0.2, 0.25) is 0 Å². The lowest BCUT2D eigenvalue weighted by atomic mass is 10.2. The first kappa shape index (κ1) is 16.7. The predicted molar refractivity (Wildman–Crippen MR) is 79.7 cm³/mol. The highest BCUT2D eigenvalue weighted by molar-refractivity contribution is 5.92. The first-order valence-electron chi connectivity index (χ1n) is 6.50. The van der Waals surface area contributed by atoms with Crippen LogP contribution < -0.4 is 16.0 Å². The van der Waals surface area contributed by atoms with Crippen molar-refractivity contribution in [3.8, 4) is 0 Å². The molecular weight excluding hydrogens is 274 g/mol. The predicted octanol–water partition coefficient (Wildman–Crippen LogP) is 0.0305. The molecule has 0 aliphatic rings. The standard InChI is InChI=1S/C13H21N5O3/c1-15-13(19)11-9-10(3-5-16-11)18(7-8-21-2)6-4-12(14)17-20/h3,5,9,20H,4,6-8H2,1-2H3,(H2,14,17)(H,15,19). The number of nitrogens with one attached hydrogen (secondary N) is 1. The molecule has 1 aromatic rings. The topological polar surface area (TPSA) is 113 Å². The van der Waals surface area contributed by atoms with Gasteiger partial charge >= 0.3 is 0 Å². The molecular formula is C13H21N5O3. The van der Waals surface area contributed by atoms with E-state index in [9.17, 15) is 4.79 Å².